The molecule has 1 rings (SSSR count). The monoisotopic (exact) mass is 342 g/mol. The molecule has 0 heterocycles. The molecule has 0 atom stereocenters. The molecule has 0 amide bonds. The molecule has 0 aliphatic carbocycles. The van der Waals surface area contributed by atoms with Gasteiger partial charge in [-0.15, -0.1) is 0 Å². The number of alkyl halides is 3. The average molecular weight is 342 g/mol. The summed E-state index contributed by atoms with van der Waals surface area (Å²) in [7, 11) is -4.40. The van der Waals surface area contributed by atoms with Crippen molar-refractivity contribution in [2.75, 3.05) is 14.2 Å². The largest absolute Gasteiger partial charge is 0.497 e. The van der Waals surface area contributed by atoms with Gasteiger partial charge in [0.1, 0.15) is 0 Å². The first-order valence-corrected chi connectivity index (χ1v) is 10.2. The Kier molecular flexibility index (Phi) is 5.59. The Labute approximate surface area is 123 Å². The highest BCUT2D eigenvalue weighted by atomic mass is 32.2. The second-order valence-corrected chi connectivity index (χ2v) is 10.2. The Morgan fingerprint density at radius 2 is 1.48 bits per heavy atom. The van der Waals surface area contributed by atoms with Crippen LogP contribution in [0.1, 0.15) is 11.1 Å². The van der Waals surface area contributed by atoms with Gasteiger partial charge in [-0.05, 0) is 17.7 Å². The summed E-state index contributed by atoms with van der Waals surface area (Å²) in [5.41, 5.74) is -4.32. The predicted octanol–water partition coefficient (Wildman–Crippen LogP) is 2.57. The van der Waals surface area contributed by atoms with Gasteiger partial charge in [-0.2, -0.15) is 13.2 Å². The van der Waals surface area contributed by atoms with Crippen LogP contribution in [-0.4, -0.2) is 36.7 Å². The molecule has 0 unspecified atom stereocenters. The first-order valence-electron chi connectivity index (χ1n) is 6.00. The number of sulfone groups is 1. The smallest absolute Gasteiger partial charge is 0.398 e. The standard InChI is InChI=1S/C12H17F3O4SSi/c1-18-21(3,19-2)9-11-6-4-10(5-7-11)8-20(16,17)12(13,14)15/h4-7H,8-9H2,1-3H3. The van der Waals surface area contributed by atoms with E-state index < -0.39 is 29.7 Å². The molecule has 0 radical (unpaired) electrons. The minimum atomic E-state index is -5.23. The lowest BCUT2D eigenvalue weighted by Crippen LogP contribution is -2.39. The summed E-state index contributed by atoms with van der Waals surface area (Å²) >= 11 is 0. The summed E-state index contributed by atoms with van der Waals surface area (Å²) in [5, 5.41) is 0. The summed E-state index contributed by atoms with van der Waals surface area (Å²) in [6.45, 7) is 1.86. The molecule has 21 heavy (non-hydrogen) atoms. The molecule has 0 aliphatic heterocycles. The van der Waals surface area contributed by atoms with Crippen molar-refractivity contribution in [3.05, 3.63) is 35.4 Å². The fourth-order valence-electron chi connectivity index (χ4n) is 1.65. The van der Waals surface area contributed by atoms with Crippen LogP contribution in [0.2, 0.25) is 6.55 Å². The normalized spacial score (nSPS) is 13.4. The highest BCUT2D eigenvalue weighted by molar-refractivity contribution is 7.91. The van der Waals surface area contributed by atoms with E-state index in [9.17, 15) is 21.6 Å². The number of hydrogen-bond donors (Lipinski definition) is 0. The molecule has 4 nitrogen and oxygen atoms in total. The molecule has 0 N–H and O–H groups in total. The van der Waals surface area contributed by atoms with Crippen LogP contribution in [0.25, 0.3) is 0 Å². The number of rotatable bonds is 6. The average Bonchev–Trinajstić information content (AvgIpc) is 2.39. The minimum absolute atomic E-state index is 0.0919. The Morgan fingerprint density at radius 1 is 1.05 bits per heavy atom. The van der Waals surface area contributed by atoms with Crippen LogP contribution in [0, 0.1) is 0 Å². The van der Waals surface area contributed by atoms with Crippen molar-refractivity contribution in [2.45, 2.75) is 23.9 Å². The lowest BCUT2D eigenvalue weighted by Gasteiger charge is -2.22. The molecule has 0 saturated carbocycles. The van der Waals surface area contributed by atoms with E-state index in [1.54, 1.807) is 26.4 Å². The Morgan fingerprint density at radius 3 is 1.86 bits per heavy atom. The van der Waals surface area contributed by atoms with Crippen LogP contribution in [0.5, 0.6) is 0 Å². The quantitative estimate of drug-likeness (QED) is 0.746. The third-order valence-corrected chi connectivity index (χ3v) is 7.32. The molecular formula is C12H17F3O4SSi. The van der Waals surface area contributed by atoms with E-state index >= 15 is 0 Å². The van der Waals surface area contributed by atoms with E-state index in [-0.39, 0.29) is 5.56 Å². The van der Waals surface area contributed by atoms with Crippen molar-refractivity contribution >= 4 is 18.4 Å². The summed E-state index contributed by atoms with van der Waals surface area (Å²) in [5.74, 6) is -1.06. The third-order valence-electron chi connectivity index (χ3n) is 3.12. The second kappa shape index (κ2) is 6.47. The lowest BCUT2D eigenvalue weighted by molar-refractivity contribution is -0.0437. The highest BCUT2D eigenvalue weighted by Crippen LogP contribution is 2.27. The number of halogens is 3. The molecule has 120 valence electrons. The first kappa shape index (κ1) is 18.1. The fraction of sp³-hybridized carbons (Fsp3) is 0.500. The maximum atomic E-state index is 12.3. The zero-order valence-corrected chi connectivity index (χ0v) is 13.7. The second-order valence-electron chi connectivity index (χ2n) is 4.74. The number of benzene rings is 1. The predicted molar refractivity (Wildman–Crippen MR) is 74.5 cm³/mol. The zero-order chi connectivity index (χ0) is 16.3. The first-order chi connectivity index (χ1) is 9.53. The van der Waals surface area contributed by atoms with Crippen molar-refractivity contribution in [3.8, 4) is 0 Å². The van der Waals surface area contributed by atoms with Crippen LogP contribution in [0.15, 0.2) is 24.3 Å². The van der Waals surface area contributed by atoms with Crippen LogP contribution in [0.4, 0.5) is 13.2 Å². The number of hydrogen-bond acceptors (Lipinski definition) is 4. The Bertz CT molecular complexity index is 565. The maximum Gasteiger partial charge on any atom is 0.497 e. The van der Waals surface area contributed by atoms with Crippen LogP contribution >= 0.6 is 0 Å². The molecule has 1 aromatic carbocycles. The van der Waals surface area contributed by atoms with Gasteiger partial charge in [0.05, 0.1) is 5.75 Å². The van der Waals surface area contributed by atoms with Gasteiger partial charge in [0.2, 0.25) is 0 Å². The van der Waals surface area contributed by atoms with E-state index in [1.807, 2.05) is 6.55 Å². The van der Waals surface area contributed by atoms with E-state index in [1.165, 1.54) is 12.1 Å². The molecule has 9 heteroatoms. The topological polar surface area (TPSA) is 52.6 Å². The van der Waals surface area contributed by atoms with E-state index in [4.69, 9.17) is 8.85 Å². The van der Waals surface area contributed by atoms with Crippen molar-refractivity contribution in [1.82, 2.24) is 0 Å². The van der Waals surface area contributed by atoms with Crippen LogP contribution < -0.4 is 0 Å². The van der Waals surface area contributed by atoms with Crippen molar-refractivity contribution in [2.24, 2.45) is 0 Å². The SMILES string of the molecule is CO[Si](C)(Cc1ccc(CS(=O)(=O)C(F)(F)F)cc1)OC. The van der Waals surface area contributed by atoms with Crippen molar-refractivity contribution < 1.29 is 30.4 Å². The molecule has 1 aromatic rings. The van der Waals surface area contributed by atoms with Gasteiger partial charge in [0.15, 0.2) is 0 Å². The fourth-order valence-corrected chi connectivity index (χ4v) is 3.88. The van der Waals surface area contributed by atoms with Gasteiger partial charge in [-0.25, -0.2) is 8.42 Å². The molecule has 0 bridgehead atoms. The van der Waals surface area contributed by atoms with E-state index in [0.29, 0.717) is 6.04 Å². The molecule has 0 aromatic heterocycles. The van der Waals surface area contributed by atoms with Crippen molar-refractivity contribution in [3.63, 3.8) is 0 Å². The van der Waals surface area contributed by atoms with Gasteiger partial charge in [-0.1, -0.05) is 24.3 Å². The van der Waals surface area contributed by atoms with E-state index in [2.05, 4.69) is 0 Å². The lowest BCUT2D eigenvalue weighted by atomic mass is 10.2. The molecular weight excluding hydrogens is 325 g/mol. The molecule has 0 aliphatic rings. The Balaban J connectivity index is 2.85. The van der Waals surface area contributed by atoms with Gasteiger partial charge in [0, 0.05) is 20.3 Å². The Hall–Kier alpha value is -0.903. The summed E-state index contributed by atoms with van der Waals surface area (Å²) in [4.78, 5) is 0. The van der Waals surface area contributed by atoms with Gasteiger partial charge >= 0.3 is 14.1 Å². The van der Waals surface area contributed by atoms with E-state index in [0.717, 1.165) is 5.56 Å². The summed E-state index contributed by atoms with van der Waals surface area (Å²) in [6.07, 6.45) is 0. The summed E-state index contributed by atoms with van der Waals surface area (Å²) in [6, 6.07) is 6.44. The third kappa shape index (κ3) is 4.80. The minimum Gasteiger partial charge on any atom is -0.398 e. The highest BCUT2D eigenvalue weighted by Gasteiger charge is 2.45. The molecule has 0 spiro atoms. The van der Waals surface area contributed by atoms with Gasteiger partial charge < -0.3 is 8.85 Å². The summed E-state index contributed by atoms with van der Waals surface area (Å²) < 4.78 is 69.7. The maximum absolute atomic E-state index is 12.3. The zero-order valence-electron chi connectivity index (χ0n) is 11.9. The van der Waals surface area contributed by atoms with Crippen LogP contribution in [0.3, 0.4) is 0 Å². The molecule has 0 fully saturated rings. The van der Waals surface area contributed by atoms with Crippen molar-refractivity contribution in [1.29, 1.82) is 0 Å². The van der Waals surface area contributed by atoms with Crippen LogP contribution in [-0.2, 0) is 30.5 Å². The van der Waals surface area contributed by atoms with Gasteiger partial charge in [0.25, 0.3) is 9.84 Å². The van der Waals surface area contributed by atoms with Gasteiger partial charge in [-0.3, -0.25) is 0 Å². The molecule has 0 saturated heterocycles.